The largest absolute Gasteiger partial charge is 0.497 e. The Kier molecular flexibility index (Phi) is 6.65. The monoisotopic (exact) mass is 422 g/mol. The van der Waals surface area contributed by atoms with Gasteiger partial charge in [-0.1, -0.05) is 23.2 Å². The van der Waals surface area contributed by atoms with Gasteiger partial charge in [-0.25, -0.2) is 0 Å². The number of methoxy groups -OCH3 is 1. The third kappa shape index (κ3) is 4.88. The van der Waals surface area contributed by atoms with E-state index in [9.17, 15) is 9.59 Å². The van der Waals surface area contributed by atoms with Crippen molar-refractivity contribution in [3.05, 3.63) is 58.1 Å². The molecule has 1 aliphatic rings. The van der Waals surface area contributed by atoms with Gasteiger partial charge in [0.2, 0.25) is 0 Å². The molecule has 0 saturated carbocycles. The van der Waals surface area contributed by atoms with Gasteiger partial charge in [-0.15, -0.1) is 0 Å². The first kappa shape index (κ1) is 20.3. The summed E-state index contributed by atoms with van der Waals surface area (Å²) in [5.41, 5.74) is 0.411. The van der Waals surface area contributed by atoms with E-state index in [1.54, 1.807) is 59.4 Å². The van der Waals surface area contributed by atoms with Crippen LogP contribution in [0.3, 0.4) is 0 Å². The van der Waals surface area contributed by atoms with Crippen LogP contribution in [0.15, 0.2) is 42.5 Å². The van der Waals surface area contributed by atoms with Crippen LogP contribution in [-0.2, 0) is 4.79 Å². The lowest BCUT2D eigenvalue weighted by atomic mass is 10.1. The molecular weight excluding hydrogens is 403 g/mol. The lowest BCUT2D eigenvalue weighted by Gasteiger charge is -2.34. The van der Waals surface area contributed by atoms with Crippen molar-refractivity contribution in [1.29, 1.82) is 0 Å². The fourth-order valence-corrected chi connectivity index (χ4v) is 3.39. The van der Waals surface area contributed by atoms with Crippen LogP contribution in [-0.4, -0.2) is 61.5 Å². The van der Waals surface area contributed by atoms with E-state index in [0.717, 1.165) is 5.75 Å². The summed E-state index contributed by atoms with van der Waals surface area (Å²) >= 11 is 12.0. The Labute approximate surface area is 173 Å². The molecule has 1 heterocycles. The Morgan fingerprint density at radius 2 is 1.54 bits per heavy atom. The second-order valence-corrected chi connectivity index (χ2v) is 7.10. The van der Waals surface area contributed by atoms with Gasteiger partial charge in [-0.2, -0.15) is 0 Å². The van der Waals surface area contributed by atoms with Crippen molar-refractivity contribution in [1.82, 2.24) is 9.80 Å². The fourth-order valence-electron chi connectivity index (χ4n) is 2.90. The highest BCUT2D eigenvalue weighted by atomic mass is 35.5. The van der Waals surface area contributed by atoms with E-state index < -0.39 is 0 Å². The van der Waals surface area contributed by atoms with Crippen molar-refractivity contribution in [2.24, 2.45) is 0 Å². The van der Waals surface area contributed by atoms with E-state index in [1.165, 1.54) is 0 Å². The summed E-state index contributed by atoms with van der Waals surface area (Å²) in [4.78, 5) is 28.4. The topological polar surface area (TPSA) is 59.1 Å². The number of carbonyl (C=O) groups excluding carboxylic acids is 2. The van der Waals surface area contributed by atoms with Gasteiger partial charge in [-0.05, 0) is 42.5 Å². The number of ether oxygens (including phenoxy) is 2. The van der Waals surface area contributed by atoms with Crippen molar-refractivity contribution in [3.8, 4) is 11.5 Å². The fraction of sp³-hybridized carbons (Fsp3) is 0.300. The zero-order valence-electron chi connectivity index (χ0n) is 15.4. The van der Waals surface area contributed by atoms with Gasteiger partial charge in [0.1, 0.15) is 11.5 Å². The van der Waals surface area contributed by atoms with Gasteiger partial charge in [0.25, 0.3) is 11.8 Å². The average molecular weight is 423 g/mol. The Morgan fingerprint density at radius 1 is 0.929 bits per heavy atom. The first-order chi connectivity index (χ1) is 13.5. The van der Waals surface area contributed by atoms with Crippen molar-refractivity contribution in [2.75, 3.05) is 39.9 Å². The van der Waals surface area contributed by atoms with Gasteiger partial charge in [0.05, 0.1) is 17.7 Å². The Hall–Kier alpha value is -2.44. The standard InChI is InChI=1S/C20H20Cl2N2O4/c1-27-15-3-5-16(6-4-15)28-13-19(25)23-8-10-24(11-9-23)20(26)17-7-2-14(21)12-18(17)22/h2-7,12H,8-11,13H2,1H3. The molecule has 3 rings (SSSR count). The number of hydrogen-bond donors (Lipinski definition) is 0. The van der Waals surface area contributed by atoms with Gasteiger partial charge >= 0.3 is 0 Å². The van der Waals surface area contributed by atoms with Crippen molar-refractivity contribution in [2.45, 2.75) is 0 Å². The van der Waals surface area contributed by atoms with Crippen molar-refractivity contribution >= 4 is 35.0 Å². The molecule has 1 saturated heterocycles. The molecule has 0 N–H and O–H groups in total. The maximum atomic E-state index is 12.6. The second-order valence-electron chi connectivity index (χ2n) is 6.26. The van der Waals surface area contributed by atoms with E-state index in [4.69, 9.17) is 32.7 Å². The molecule has 0 aromatic heterocycles. The SMILES string of the molecule is COc1ccc(OCC(=O)N2CCN(C(=O)c3ccc(Cl)cc3Cl)CC2)cc1. The van der Waals surface area contributed by atoms with Crippen LogP contribution in [0.5, 0.6) is 11.5 Å². The molecule has 0 radical (unpaired) electrons. The summed E-state index contributed by atoms with van der Waals surface area (Å²) in [5, 5.41) is 0.803. The van der Waals surface area contributed by atoms with Gasteiger partial charge in [0, 0.05) is 31.2 Å². The minimum atomic E-state index is -0.164. The molecule has 6 nitrogen and oxygen atoms in total. The van der Waals surface area contributed by atoms with Gasteiger partial charge in [0.15, 0.2) is 6.61 Å². The molecule has 2 amide bonds. The molecule has 1 fully saturated rings. The minimum absolute atomic E-state index is 0.0523. The number of rotatable bonds is 5. The molecule has 28 heavy (non-hydrogen) atoms. The van der Waals surface area contributed by atoms with Crippen molar-refractivity contribution in [3.63, 3.8) is 0 Å². The van der Waals surface area contributed by atoms with Gasteiger partial charge < -0.3 is 19.3 Å². The summed E-state index contributed by atoms with van der Waals surface area (Å²) < 4.78 is 10.6. The number of amides is 2. The number of halogens is 2. The highest BCUT2D eigenvalue weighted by molar-refractivity contribution is 6.36. The van der Waals surface area contributed by atoms with Crippen LogP contribution in [0, 0.1) is 0 Å². The van der Waals surface area contributed by atoms with Crippen LogP contribution in [0.4, 0.5) is 0 Å². The third-order valence-corrected chi connectivity index (χ3v) is 5.05. The number of piperazine rings is 1. The van der Waals surface area contributed by atoms with Gasteiger partial charge in [-0.3, -0.25) is 9.59 Å². The number of benzene rings is 2. The summed E-state index contributed by atoms with van der Waals surface area (Å²) in [7, 11) is 1.59. The van der Waals surface area contributed by atoms with Crippen LogP contribution in [0.1, 0.15) is 10.4 Å². The molecule has 2 aromatic carbocycles. The van der Waals surface area contributed by atoms with Crippen LogP contribution >= 0.6 is 23.2 Å². The molecular formula is C20H20Cl2N2O4. The predicted octanol–water partition coefficient (Wildman–Crippen LogP) is 3.37. The Balaban J connectivity index is 1.50. The van der Waals surface area contributed by atoms with Crippen molar-refractivity contribution < 1.29 is 19.1 Å². The summed E-state index contributed by atoms with van der Waals surface area (Å²) in [6.07, 6.45) is 0. The van der Waals surface area contributed by atoms with E-state index in [0.29, 0.717) is 47.5 Å². The van der Waals surface area contributed by atoms with Crippen LogP contribution in [0.25, 0.3) is 0 Å². The Bertz CT molecular complexity index is 850. The summed E-state index contributed by atoms with van der Waals surface area (Å²) in [6, 6.07) is 11.8. The number of nitrogens with zero attached hydrogens (tertiary/aromatic N) is 2. The molecule has 148 valence electrons. The summed E-state index contributed by atoms with van der Waals surface area (Å²) in [5.74, 6) is 1.04. The molecule has 0 bridgehead atoms. The zero-order chi connectivity index (χ0) is 20.1. The maximum absolute atomic E-state index is 12.6. The Morgan fingerprint density at radius 3 is 2.14 bits per heavy atom. The molecule has 0 spiro atoms. The highest BCUT2D eigenvalue weighted by Crippen LogP contribution is 2.23. The van der Waals surface area contributed by atoms with Crippen LogP contribution in [0.2, 0.25) is 10.0 Å². The first-order valence-corrected chi connectivity index (χ1v) is 9.52. The molecule has 8 heteroatoms. The normalized spacial score (nSPS) is 14.0. The molecule has 0 unspecified atom stereocenters. The van der Waals surface area contributed by atoms with E-state index in [-0.39, 0.29) is 18.4 Å². The molecule has 0 atom stereocenters. The third-order valence-electron chi connectivity index (χ3n) is 4.50. The lowest BCUT2D eigenvalue weighted by Crippen LogP contribution is -2.51. The lowest BCUT2D eigenvalue weighted by molar-refractivity contribution is -0.134. The minimum Gasteiger partial charge on any atom is -0.497 e. The number of carbonyl (C=O) groups is 2. The van der Waals surface area contributed by atoms with E-state index in [2.05, 4.69) is 0 Å². The highest BCUT2D eigenvalue weighted by Gasteiger charge is 2.26. The molecule has 0 aliphatic carbocycles. The summed E-state index contributed by atoms with van der Waals surface area (Å²) in [6.45, 7) is 1.71. The predicted molar refractivity (Wildman–Crippen MR) is 107 cm³/mol. The smallest absolute Gasteiger partial charge is 0.260 e. The van der Waals surface area contributed by atoms with E-state index >= 15 is 0 Å². The maximum Gasteiger partial charge on any atom is 0.260 e. The first-order valence-electron chi connectivity index (χ1n) is 8.77. The quantitative estimate of drug-likeness (QED) is 0.740. The number of hydrogen-bond acceptors (Lipinski definition) is 4. The second kappa shape index (κ2) is 9.17. The average Bonchev–Trinajstić information content (AvgIpc) is 2.72. The molecule has 1 aliphatic heterocycles. The van der Waals surface area contributed by atoms with E-state index in [1.807, 2.05) is 0 Å². The zero-order valence-corrected chi connectivity index (χ0v) is 16.9. The molecule has 2 aromatic rings. The van der Waals surface area contributed by atoms with Crippen LogP contribution < -0.4 is 9.47 Å².